The predicted molar refractivity (Wildman–Crippen MR) is 103 cm³/mol. The van der Waals surface area contributed by atoms with Crippen molar-refractivity contribution in [3.63, 3.8) is 0 Å². The maximum absolute atomic E-state index is 13.2. The van der Waals surface area contributed by atoms with Crippen LogP contribution in [-0.4, -0.2) is 5.78 Å². The summed E-state index contributed by atoms with van der Waals surface area (Å²) in [6.07, 6.45) is 4.43. The Kier molecular flexibility index (Phi) is 4.50. The van der Waals surface area contributed by atoms with Crippen LogP contribution in [0.3, 0.4) is 0 Å². The monoisotopic (exact) mass is 342 g/mol. The molecule has 122 valence electrons. The normalized spacial score (nSPS) is 12.8. The molecular formula is C23H18OS. The average Bonchev–Trinajstić information content (AvgIpc) is 3.05. The van der Waals surface area contributed by atoms with E-state index in [2.05, 4.69) is 11.8 Å². The number of aryl methyl sites for hydroxylation is 1. The highest BCUT2D eigenvalue weighted by molar-refractivity contribution is 7.13. The molecule has 1 heterocycles. The molecule has 1 aromatic heterocycles. The summed E-state index contributed by atoms with van der Waals surface area (Å²) in [6, 6.07) is 19.5. The molecule has 0 unspecified atom stereocenters. The Hall–Kier alpha value is -2.63. The van der Waals surface area contributed by atoms with Crippen molar-refractivity contribution in [2.24, 2.45) is 0 Å². The summed E-state index contributed by atoms with van der Waals surface area (Å²) >= 11 is 1.71. The van der Waals surface area contributed by atoms with Gasteiger partial charge in [0.05, 0.1) is 10.4 Å². The zero-order chi connectivity index (χ0) is 17.1. The van der Waals surface area contributed by atoms with Crippen LogP contribution in [0.1, 0.15) is 49.6 Å². The van der Waals surface area contributed by atoms with Crippen molar-refractivity contribution in [3.8, 4) is 11.8 Å². The van der Waals surface area contributed by atoms with Crippen molar-refractivity contribution in [2.75, 3.05) is 0 Å². The molecule has 0 saturated carbocycles. The molecule has 2 aromatic carbocycles. The van der Waals surface area contributed by atoms with Gasteiger partial charge >= 0.3 is 0 Å². The Morgan fingerprint density at radius 2 is 1.52 bits per heavy atom. The summed E-state index contributed by atoms with van der Waals surface area (Å²) in [7, 11) is 0. The van der Waals surface area contributed by atoms with E-state index in [1.165, 1.54) is 16.9 Å². The molecule has 0 bridgehead atoms. The SMILES string of the molecule is O=C(c1ccccc1)c1c(C#Cc2ccccc2)sc2c1CCCC2. The molecule has 0 amide bonds. The molecule has 0 N–H and O–H groups in total. The lowest BCUT2D eigenvalue weighted by Crippen LogP contribution is -2.08. The molecule has 0 spiro atoms. The highest BCUT2D eigenvalue weighted by atomic mass is 32.1. The largest absolute Gasteiger partial charge is 0.289 e. The van der Waals surface area contributed by atoms with Gasteiger partial charge in [0.2, 0.25) is 0 Å². The summed E-state index contributed by atoms with van der Waals surface area (Å²) in [6.45, 7) is 0. The number of ketones is 1. The second-order valence-corrected chi connectivity index (χ2v) is 7.33. The van der Waals surface area contributed by atoms with Crippen molar-refractivity contribution in [1.82, 2.24) is 0 Å². The topological polar surface area (TPSA) is 17.1 Å². The summed E-state index contributed by atoms with van der Waals surface area (Å²) < 4.78 is 0. The minimum Gasteiger partial charge on any atom is -0.289 e. The number of rotatable bonds is 2. The first-order valence-electron chi connectivity index (χ1n) is 8.64. The standard InChI is InChI=1S/C23H18OS/c24-23(18-11-5-2-6-12-18)22-19-13-7-8-14-20(19)25-21(22)16-15-17-9-3-1-4-10-17/h1-6,9-12H,7-8,13-14H2. The third-order valence-electron chi connectivity index (χ3n) is 4.53. The van der Waals surface area contributed by atoms with E-state index in [0.29, 0.717) is 0 Å². The molecule has 0 atom stereocenters. The Morgan fingerprint density at radius 3 is 2.28 bits per heavy atom. The molecular weight excluding hydrogens is 324 g/mol. The lowest BCUT2D eigenvalue weighted by Gasteiger charge is -2.12. The Morgan fingerprint density at radius 1 is 0.840 bits per heavy atom. The quantitative estimate of drug-likeness (QED) is 0.459. The van der Waals surface area contributed by atoms with Crippen molar-refractivity contribution in [1.29, 1.82) is 0 Å². The average molecular weight is 342 g/mol. The van der Waals surface area contributed by atoms with Gasteiger partial charge in [-0.05, 0) is 49.3 Å². The number of carbonyl (C=O) groups is 1. The molecule has 0 saturated heterocycles. The number of thiophene rings is 1. The van der Waals surface area contributed by atoms with Crippen LogP contribution >= 0.6 is 11.3 Å². The van der Waals surface area contributed by atoms with Crippen LogP contribution in [0.15, 0.2) is 60.7 Å². The molecule has 0 fully saturated rings. The van der Waals surface area contributed by atoms with E-state index in [0.717, 1.165) is 40.8 Å². The third kappa shape index (κ3) is 3.29. The first-order chi connectivity index (χ1) is 12.3. The van der Waals surface area contributed by atoms with Gasteiger partial charge in [-0.25, -0.2) is 0 Å². The van der Waals surface area contributed by atoms with Gasteiger partial charge in [-0.15, -0.1) is 11.3 Å². The smallest absolute Gasteiger partial charge is 0.195 e. The van der Waals surface area contributed by atoms with Crippen LogP contribution in [0.4, 0.5) is 0 Å². The van der Waals surface area contributed by atoms with E-state index in [-0.39, 0.29) is 5.78 Å². The van der Waals surface area contributed by atoms with Crippen molar-refractivity contribution >= 4 is 17.1 Å². The van der Waals surface area contributed by atoms with Crippen molar-refractivity contribution in [2.45, 2.75) is 25.7 Å². The second kappa shape index (κ2) is 7.09. The molecule has 0 aliphatic heterocycles. The van der Waals surface area contributed by atoms with Gasteiger partial charge in [-0.3, -0.25) is 4.79 Å². The minimum absolute atomic E-state index is 0.109. The minimum atomic E-state index is 0.109. The third-order valence-corrected chi connectivity index (χ3v) is 5.74. The first kappa shape index (κ1) is 15.9. The first-order valence-corrected chi connectivity index (χ1v) is 9.46. The summed E-state index contributed by atoms with van der Waals surface area (Å²) in [5, 5.41) is 0. The second-order valence-electron chi connectivity index (χ2n) is 6.23. The lowest BCUT2D eigenvalue weighted by atomic mass is 9.91. The van der Waals surface area contributed by atoms with Crippen LogP contribution in [-0.2, 0) is 12.8 Å². The number of hydrogen-bond donors (Lipinski definition) is 0. The van der Waals surface area contributed by atoms with E-state index in [1.54, 1.807) is 11.3 Å². The summed E-state index contributed by atoms with van der Waals surface area (Å²) in [5.41, 5.74) is 3.81. The molecule has 1 nitrogen and oxygen atoms in total. The maximum Gasteiger partial charge on any atom is 0.195 e. The number of hydrogen-bond acceptors (Lipinski definition) is 2. The van der Waals surface area contributed by atoms with Crippen molar-refractivity contribution in [3.05, 3.63) is 92.7 Å². The van der Waals surface area contributed by atoms with E-state index < -0.39 is 0 Å². The zero-order valence-electron chi connectivity index (χ0n) is 13.9. The van der Waals surface area contributed by atoms with Gasteiger partial charge in [0.25, 0.3) is 0 Å². The summed E-state index contributed by atoms with van der Waals surface area (Å²) in [5.74, 6) is 6.62. The molecule has 4 rings (SSSR count). The van der Waals surface area contributed by atoms with Gasteiger partial charge in [-0.2, -0.15) is 0 Å². The molecule has 1 aliphatic rings. The summed E-state index contributed by atoms with van der Waals surface area (Å²) in [4.78, 5) is 15.4. The number of benzene rings is 2. The van der Waals surface area contributed by atoms with Crippen LogP contribution in [0, 0.1) is 11.8 Å². The molecule has 0 radical (unpaired) electrons. The number of carbonyl (C=O) groups excluding carboxylic acids is 1. The fraction of sp³-hybridized carbons (Fsp3) is 0.174. The van der Waals surface area contributed by atoms with E-state index in [1.807, 2.05) is 60.7 Å². The Balaban J connectivity index is 1.81. The van der Waals surface area contributed by atoms with Gasteiger partial charge in [0.15, 0.2) is 5.78 Å². The van der Waals surface area contributed by atoms with E-state index in [4.69, 9.17) is 0 Å². The van der Waals surface area contributed by atoms with Gasteiger partial charge in [0.1, 0.15) is 0 Å². The molecule has 3 aromatic rings. The van der Waals surface area contributed by atoms with E-state index in [9.17, 15) is 4.79 Å². The zero-order valence-corrected chi connectivity index (χ0v) is 14.7. The molecule has 1 aliphatic carbocycles. The molecule has 2 heteroatoms. The van der Waals surface area contributed by atoms with Crippen LogP contribution in [0.2, 0.25) is 0 Å². The number of fused-ring (bicyclic) bond motifs is 1. The lowest BCUT2D eigenvalue weighted by molar-refractivity contribution is 0.103. The highest BCUT2D eigenvalue weighted by Crippen LogP contribution is 2.35. The van der Waals surface area contributed by atoms with Crippen molar-refractivity contribution < 1.29 is 4.79 Å². The maximum atomic E-state index is 13.2. The highest BCUT2D eigenvalue weighted by Gasteiger charge is 2.25. The van der Waals surface area contributed by atoms with Gasteiger partial charge < -0.3 is 0 Å². The Bertz CT molecular complexity index is 956. The van der Waals surface area contributed by atoms with Crippen LogP contribution in [0.5, 0.6) is 0 Å². The van der Waals surface area contributed by atoms with E-state index >= 15 is 0 Å². The van der Waals surface area contributed by atoms with Gasteiger partial charge in [0, 0.05) is 16.0 Å². The Labute approximate surface area is 152 Å². The van der Waals surface area contributed by atoms with Gasteiger partial charge in [-0.1, -0.05) is 54.5 Å². The predicted octanol–water partition coefficient (Wildman–Crippen LogP) is 5.26. The fourth-order valence-corrected chi connectivity index (χ4v) is 4.52. The van der Waals surface area contributed by atoms with Crippen LogP contribution in [0.25, 0.3) is 0 Å². The fourth-order valence-electron chi connectivity index (χ4n) is 3.28. The van der Waals surface area contributed by atoms with Crippen LogP contribution < -0.4 is 0 Å². The molecule has 25 heavy (non-hydrogen) atoms.